The number of hydrogen-bond acceptors (Lipinski definition) is 1. The van der Waals surface area contributed by atoms with Gasteiger partial charge in [0.05, 0.1) is 0 Å². The molecule has 0 aromatic heterocycles. The molecular formula is C15H20O. The monoisotopic (exact) mass is 216 g/mol. The van der Waals surface area contributed by atoms with Gasteiger partial charge >= 0.3 is 0 Å². The van der Waals surface area contributed by atoms with Crippen LogP contribution in [0, 0.1) is 0 Å². The van der Waals surface area contributed by atoms with E-state index in [1.165, 1.54) is 24.0 Å². The largest absolute Gasteiger partial charge is 0.300 e. The molecule has 1 unspecified atom stereocenters. The molecule has 1 aromatic rings. The van der Waals surface area contributed by atoms with Gasteiger partial charge in [-0.15, -0.1) is 0 Å². The first-order chi connectivity index (χ1) is 7.79. The van der Waals surface area contributed by atoms with E-state index in [4.69, 9.17) is 0 Å². The van der Waals surface area contributed by atoms with Gasteiger partial charge in [0, 0.05) is 12.8 Å². The van der Waals surface area contributed by atoms with E-state index in [1.54, 1.807) is 0 Å². The number of Topliss-reactive ketones (excluding diaryl/α,β-unsaturated/α-hetero) is 1. The molecule has 0 N–H and O–H groups in total. The summed E-state index contributed by atoms with van der Waals surface area (Å²) in [6.07, 6.45) is 6.10. The highest BCUT2D eigenvalue weighted by Crippen LogP contribution is 2.30. The van der Waals surface area contributed by atoms with E-state index in [0.717, 1.165) is 25.7 Å². The zero-order chi connectivity index (χ0) is 11.4. The Labute approximate surface area is 97.9 Å². The molecule has 0 aliphatic heterocycles. The van der Waals surface area contributed by atoms with Crippen molar-refractivity contribution in [3.8, 4) is 0 Å². The zero-order valence-corrected chi connectivity index (χ0v) is 10.0. The number of ketones is 1. The first kappa shape index (κ1) is 11.4. The molecule has 2 rings (SSSR count). The predicted octanol–water partition coefficient (Wildman–Crippen LogP) is 3.87. The van der Waals surface area contributed by atoms with Crippen LogP contribution in [0.5, 0.6) is 0 Å². The van der Waals surface area contributed by atoms with Crippen LogP contribution in [0.3, 0.4) is 0 Å². The fraction of sp³-hybridized carbons (Fsp3) is 0.533. The molecule has 86 valence electrons. The Morgan fingerprint density at radius 1 is 1.31 bits per heavy atom. The second-order valence-electron chi connectivity index (χ2n) is 4.78. The van der Waals surface area contributed by atoms with Gasteiger partial charge in [-0.1, -0.05) is 37.6 Å². The third-order valence-electron chi connectivity index (χ3n) is 3.56. The molecule has 1 nitrogen and oxygen atoms in total. The lowest BCUT2D eigenvalue weighted by Gasteiger charge is -2.14. The molecule has 1 fully saturated rings. The number of carbonyl (C=O) groups excluding carboxylic acids is 1. The molecule has 16 heavy (non-hydrogen) atoms. The van der Waals surface area contributed by atoms with Crippen LogP contribution < -0.4 is 0 Å². The van der Waals surface area contributed by atoms with Crippen molar-refractivity contribution in [1.29, 1.82) is 0 Å². The van der Waals surface area contributed by atoms with Crippen molar-refractivity contribution in [2.45, 2.75) is 51.4 Å². The van der Waals surface area contributed by atoms with Crippen molar-refractivity contribution in [2.24, 2.45) is 0 Å². The SMILES string of the molecule is CCc1cccc(C2CCCCC(=O)C2)c1. The van der Waals surface area contributed by atoms with Crippen molar-refractivity contribution in [1.82, 2.24) is 0 Å². The summed E-state index contributed by atoms with van der Waals surface area (Å²) >= 11 is 0. The molecule has 1 aromatic carbocycles. The van der Waals surface area contributed by atoms with Gasteiger partial charge in [0.15, 0.2) is 0 Å². The van der Waals surface area contributed by atoms with Crippen LogP contribution >= 0.6 is 0 Å². The maximum absolute atomic E-state index is 11.6. The van der Waals surface area contributed by atoms with E-state index in [9.17, 15) is 4.79 Å². The third kappa shape index (κ3) is 2.72. The van der Waals surface area contributed by atoms with E-state index in [1.807, 2.05) is 0 Å². The van der Waals surface area contributed by atoms with Crippen molar-refractivity contribution in [2.75, 3.05) is 0 Å². The quantitative estimate of drug-likeness (QED) is 0.686. The minimum Gasteiger partial charge on any atom is -0.300 e. The smallest absolute Gasteiger partial charge is 0.133 e. The topological polar surface area (TPSA) is 17.1 Å². The highest BCUT2D eigenvalue weighted by molar-refractivity contribution is 5.79. The molecule has 0 spiro atoms. The summed E-state index contributed by atoms with van der Waals surface area (Å²) < 4.78 is 0. The van der Waals surface area contributed by atoms with Crippen LogP contribution in [0.15, 0.2) is 24.3 Å². The normalized spacial score (nSPS) is 21.8. The van der Waals surface area contributed by atoms with Gasteiger partial charge < -0.3 is 0 Å². The number of aryl methyl sites for hydroxylation is 1. The number of rotatable bonds is 2. The Kier molecular flexibility index (Phi) is 3.76. The van der Waals surface area contributed by atoms with Crippen molar-refractivity contribution >= 4 is 5.78 Å². The van der Waals surface area contributed by atoms with Crippen LogP contribution in [-0.2, 0) is 11.2 Å². The minimum atomic E-state index is 0.449. The highest BCUT2D eigenvalue weighted by Gasteiger charge is 2.19. The summed E-state index contributed by atoms with van der Waals surface area (Å²) in [5.41, 5.74) is 2.75. The molecule has 0 saturated heterocycles. The number of hydrogen-bond donors (Lipinski definition) is 0. The molecule has 1 aliphatic carbocycles. The maximum atomic E-state index is 11.6. The van der Waals surface area contributed by atoms with Gasteiger partial charge in [0.1, 0.15) is 5.78 Å². The van der Waals surface area contributed by atoms with Crippen LogP contribution in [0.4, 0.5) is 0 Å². The fourth-order valence-electron chi connectivity index (χ4n) is 2.54. The summed E-state index contributed by atoms with van der Waals surface area (Å²) in [6.45, 7) is 2.18. The van der Waals surface area contributed by atoms with E-state index < -0.39 is 0 Å². The summed E-state index contributed by atoms with van der Waals surface area (Å²) in [6, 6.07) is 8.76. The minimum absolute atomic E-state index is 0.449. The Morgan fingerprint density at radius 2 is 2.19 bits per heavy atom. The molecule has 0 amide bonds. The summed E-state index contributed by atoms with van der Waals surface area (Å²) in [4.78, 5) is 11.6. The first-order valence-electron chi connectivity index (χ1n) is 6.40. The summed E-state index contributed by atoms with van der Waals surface area (Å²) in [5.74, 6) is 0.922. The molecular weight excluding hydrogens is 196 g/mol. The Bertz CT molecular complexity index is 367. The van der Waals surface area contributed by atoms with E-state index in [0.29, 0.717) is 11.7 Å². The molecule has 1 atom stereocenters. The van der Waals surface area contributed by atoms with E-state index in [2.05, 4.69) is 31.2 Å². The number of benzene rings is 1. The van der Waals surface area contributed by atoms with Crippen molar-refractivity contribution in [3.05, 3.63) is 35.4 Å². The lowest BCUT2D eigenvalue weighted by atomic mass is 9.90. The van der Waals surface area contributed by atoms with Crippen LogP contribution in [-0.4, -0.2) is 5.78 Å². The lowest BCUT2D eigenvalue weighted by Crippen LogP contribution is -2.04. The zero-order valence-electron chi connectivity index (χ0n) is 10.0. The Balaban J connectivity index is 2.17. The number of carbonyl (C=O) groups is 1. The van der Waals surface area contributed by atoms with Gasteiger partial charge in [-0.05, 0) is 36.3 Å². The Morgan fingerprint density at radius 3 is 3.00 bits per heavy atom. The average Bonchev–Trinajstić information content (AvgIpc) is 2.54. The first-order valence-corrected chi connectivity index (χ1v) is 6.40. The predicted molar refractivity (Wildman–Crippen MR) is 66.7 cm³/mol. The Hall–Kier alpha value is -1.11. The maximum Gasteiger partial charge on any atom is 0.133 e. The van der Waals surface area contributed by atoms with Gasteiger partial charge in [-0.25, -0.2) is 0 Å². The van der Waals surface area contributed by atoms with Crippen LogP contribution in [0.25, 0.3) is 0 Å². The molecule has 0 radical (unpaired) electrons. The molecule has 1 saturated carbocycles. The van der Waals surface area contributed by atoms with Gasteiger partial charge in [-0.2, -0.15) is 0 Å². The molecule has 1 heteroatoms. The van der Waals surface area contributed by atoms with Crippen LogP contribution in [0.1, 0.15) is 56.1 Å². The van der Waals surface area contributed by atoms with Gasteiger partial charge in [0.25, 0.3) is 0 Å². The third-order valence-corrected chi connectivity index (χ3v) is 3.56. The molecule has 0 bridgehead atoms. The average molecular weight is 216 g/mol. The van der Waals surface area contributed by atoms with Gasteiger partial charge in [0.2, 0.25) is 0 Å². The van der Waals surface area contributed by atoms with Crippen molar-refractivity contribution in [3.63, 3.8) is 0 Å². The molecule has 1 aliphatic rings. The second kappa shape index (κ2) is 5.29. The van der Waals surface area contributed by atoms with E-state index >= 15 is 0 Å². The van der Waals surface area contributed by atoms with Crippen molar-refractivity contribution < 1.29 is 4.79 Å². The van der Waals surface area contributed by atoms with Gasteiger partial charge in [-0.3, -0.25) is 4.79 Å². The summed E-state index contributed by atoms with van der Waals surface area (Å²) in [5, 5.41) is 0. The summed E-state index contributed by atoms with van der Waals surface area (Å²) in [7, 11) is 0. The van der Waals surface area contributed by atoms with E-state index in [-0.39, 0.29) is 0 Å². The highest BCUT2D eigenvalue weighted by atomic mass is 16.1. The molecule has 0 heterocycles. The van der Waals surface area contributed by atoms with Crippen LogP contribution in [0.2, 0.25) is 0 Å². The standard InChI is InChI=1S/C15H20O/c1-2-12-6-5-8-13(10-12)14-7-3-4-9-15(16)11-14/h5-6,8,10,14H,2-4,7,9,11H2,1H3. The lowest BCUT2D eigenvalue weighted by molar-refractivity contribution is -0.119. The second-order valence-corrected chi connectivity index (χ2v) is 4.78. The fourth-order valence-corrected chi connectivity index (χ4v) is 2.54.